The van der Waals surface area contributed by atoms with Crippen molar-refractivity contribution < 1.29 is 9.90 Å². The van der Waals surface area contributed by atoms with E-state index in [0.29, 0.717) is 12.5 Å². The topological polar surface area (TPSA) is 43.8 Å². The third kappa shape index (κ3) is 3.75. The van der Waals surface area contributed by atoms with E-state index in [9.17, 15) is 4.79 Å². The van der Waals surface area contributed by atoms with E-state index >= 15 is 0 Å². The van der Waals surface area contributed by atoms with Crippen LogP contribution in [-0.2, 0) is 11.2 Å². The zero-order valence-corrected chi connectivity index (χ0v) is 13.9. The van der Waals surface area contributed by atoms with Crippen molar-refractivity contribution in [2.45, 2.75) is 32.1 Å². The fraction of sp³-hybridized carbons (Fsp3) is 0.632. The summed E-state index contributed by atoms with van der Waals surface area (Å²) in [6.45, 7) is 4.45. The van der Waals surface area contributed by atoms with Gasteiger partial charge >= 0.3 is 0 Å². The second-order valence-electron chi connectivity index (χ2n) is 7.01. The number of piperidine rings is 1. The molecule has 126 valence electrons. The summed E-state index contributed by atoms with van der Waals surface area (Å²) >= 11 is 0. The van der Waals surface area contributed by atoms with Crippen molar-refractivity contribution in [2.24, 2.45) is 5.41 Å². The van der Waals surface area contributed by atoms with Gasteiger partial charge in [-0.05, 0) is 44.2 Å². The van der Waals surface area contributed by atoms with Gasteiger partial charge < -0.3 is 10.0 Å². The Balaban J connectivity index is 1.53. The molecule has 0 radical (unpaired) electrons. The van der Waals surface area contributed by atoms with Crippen LogP contribution in [0.2, 0.25) is 0 Å². The van der Waals surface area contributed by atoms with Gasteiger partial charge in [0.1, 0.15) is 0 Å². The van der Waals surface area contributed by atoms with E-state index in [1.165, 1.54) is 5.56 Å². The molecule has 1 aromatic carbocycles. The van der Waals surface area contributed by atoms with Gasteiger partial charge in [0.05, 0.1) is 12.0 Å². The van der Waals surface area contributed by atoms with Gasteiger partial charge in [-0.2, -0.15) is 0 Å². The number of hydrogen-bond acceptors (Lipinski definition) is 3. The number of carbonyl (C=O) groups excluding carboxylic acids is 1. The Kier molecular flexibility index (Phi) is 5.34. The van der Waals surface area contributed by atoms with Gasteiger partial charge in [0.2, 0.25) is 5.91 Å². The molecule has 2 aliphatic rings. The fourth-order valence-electron chi connectivity index (χ4n) is 4.15. The highest BCUT2D eigenvalue weighted by molar-refractivity contribution is 5.84. The standard InChI is InChI=1S/C19H28N2O2/c22-15-14-20-13-10-19(16-20)9-5-12-21(18(19)23)11-4-8-17-6-2-1-3-7-17/h1-3,6-7,22H,4-5,8-16H2. The molecule has 1 spiro atoms. The lowest BCUT2D eigenvalue weighted by Gasteiger charge is -2.39. The average molecular weight is 316 g/mol. The van der Waals surface area contributed by atoms with Gasteiger partial charge in [-0.25, -0.2) is 0 Å². The Bertz CT molecular complexity index is 519. The molecule has 0 aromatic heterocycles. The number of aliphatic hydroxyl groups excluding tert-OH is 1. The number of carbonyl (C=O) groups is 1. The zero-order valence-electron chi connectivity index (χ0n) is 13.9. The molecule has 1 amide bonds. The normalized spacial score (nSPS) is 25.4. The summed E-state index contributed by atoms with van der Waals surface area (Å²) in [5.74, 6) is 0.359. The lowest BCUT2D eigenvalue weighted by Crippen LogP contribution is -2.50. The monoisotopic (exact) mass is 316 g/mol. The first-order valence-electron chi connectivity index (χ1n) is 8.90. The lowest BCUT2D eigenvalue weighted by atomic mass is 9.78. The second kappa shape index (κ2) is 7.45. The van der Waals surface area contributed by atoms with Gasteiger partial charge in [-0.1, -0.05) is 30.3 Å². The molecule has 1 aromatic rings. The first-order chi connectivity index (χ1) is 11.2. The number of aryl methyl sites for hydroxylation is 1. The van der Waals surface area contributed by atoms with Gasteiger partial charge in [-0.3, -0.25) is 9.69 Å². The number of nitrogens with zero attached hydrogens (tertiary/aromatic N) is 2. The minimum atomic E-state index is -0.167. The average Bonchev–Trinajstić information content (AvgIpc) is 2.97. The molecule has 0 bridgehead atoms. The molecule has 2 aliphatic heterocycles. The van der Waals surface area contributed by atoms with Crippen LogP contribution in [0.5, 0.6) is 0 Å². The Morgan fingerprint density at radius 2 is 1.91 bits per heavy atom. The van der Waals surface area contributed by atoms with Crippen LogP contribution in [0.3, 0.4) is 0 Å². The van der Waals surface area contributed by atoms with Crippen LogP contribution in [0.1, 0.15) is 31.2 Å². The van der Waals surface area contributed by atoms with E-state index in [0.717, 1.165) is 58.3 Å². The van der Waals surface area contributed by atoms with E-state index in [1.54, 1.807) is 0 Å². The maximum Gasteiger partial charge on any atom is 0.230 e. The first kappa shape index (κ1) is 16.5. The van der Waals surface area contributed by atoms with Crippen molar-refractivity contribution >= 4 is 5.91 Å². The zero-order chi connectivity index (χ0) is 16.1. The Morgan fingerprint density at radius 1 is 1.09 bits per heavy atom. The summed E-state index contributed by atoms with van der Waals surface area (Å²) in [6, 6.07) is 10.5. The van der Waals surface area contributed by atoms with Gasteiger partial charge in [0.15, 0.2) is 0 Å². The first-order valence-corrected chi connectivity index (χ1v) is 8.90. The van der Waals surface area contributed by atoms with E-state index in [1.807, 2.05) is 6.07 Å². The van der Waals surface area contributed by atoms with Crippen LogP contribution >= 0.6 is 0 Å². The van der Waals surface area contributed by atoms with Crippen LogP contribution in [0.15, 0.2) is 30.3 Å². The molecule has 4 heteroatoms. The lowest BCUT2D eigenvalue weighted by molar-refractivity contribution is -0.145. The van der Waals surface area contributed by atoms with Crippen LogP contribution in [-0.4, -0.2) is 60.1 Å². The smallest absolute Gasteiger partial charge is 0.230 e. The molecular weight excluding hydrogens is 288 g/mol. The molecule has 1 unspecified atom stereocenters. The Morgan fingerprint density at radius 3 is 2.70 bits per heavy atom. The summed E-state index contributed by atoms with van der Waals surface area (Å²) in [4.78, 5) is 17.3. The minimum absolute atomic E-state index is 0.167. The molecule has 2 fully saturated rings. The molecule has 23 heavy (non-hydrogen) atoms. The van der Waals surface area contributed by atoms with Crippen molar-refractivity contribution in [2.75, 3.05) is 39.3 Å². The molecule has 0 aliphatic carbocycles. The number of hydrogen-bond donors (Lipinski definition) is 1. The third-order valence-corrected chi connectivity index (χ3v) is 5.41. The maximum atomic E-state index is 13.0. The van der Waals surface area contributed by atoms with Crippen molar-refractivity contribution in [1.82, 2.24) is 9.80 Å². The summed E-state index contributed by atoms with van der Waals surface area (Å²) in [6.07, 6.45) is 5.16. The van der Waals surface area contributed by atoms with Crippen LogP contribution in [0, 0.1) is 5.41 Å². The number of likely N-dealkylation sites (tertiary alicyclic amines) is 2. The molecule has 2 saturated heterocycles. The molecule has 0 saturated carbocycles. The summed E-state index contributed by atoms with van der Waals surface area (Å²) in [5.41, 5.74) is 1.18. The fourth-order valence-corrected chi connectivity index (χ4v) is 4.15. The van der Waals surface area contributed by atoms with Crippen LogP contribution < -0.4 is 0 Å². The van der Waals surface area contributed by atoms with Crippen molar-refractivity contribution in [3.05, 3.63) is 35.9 Å². The Hall–Kier alpha value is -1.39. The van der Waals surface area contributed by atoms with Gasteiger partial charge in [0.25, 0.3) is 0 Å². The minimum Gasteiger partial charge on any atom is -0.395 e. The number of amides is 1. The highest BCUT2D eigenvalue weighted by Crippen LogP contribution is 2.39. The number of rotatable bonds is 6. The summed E-state index contributed by atoms with van der Waals surface area (Å²) < 4.78 is 0. The third-order valence-electron chi connectivity index (χ3n) is 5.41. The number of benzene rings is 1. The molecule has 3 rings (SSSR count). The quantitative estimate of drug-likeness (QED) is 0.872. The largest absolute Gasteiger partial charge is 0.395 e. The van der Waals surface area contributed by atoms with Crippen LogP contribution in [0.25, 0.3) is 0 Å². The highest BCUT2D eigenvalue weighted by atomic mass is 16.3. The molecule has 1 atom stereocenters. The van der Waals surface area contributed by atoms with E-state index < -0.39 is 0 Å². The SMILES string of the molecule is O=C1N(CCCc2ccccc2)CCCC12CCN(CCO)C2. The van der Waals surface area contributed by atoms with Crippen LogP contribution in [0.4, 0.5) is 0 Å². The number of β-amino-alcohol motifs (C(OH)–C–C–N with tert-alkyl or cyclic N) is 1. The van der Waals surface area contributed by atoms with Gasteiger partial charge in [-0.15, -0.1) is 0 Å². The molecule has 1 N–H and O–H groups in total. The highest BCUT2D eigenvalue weighted by Gasteiger charge is 2.47. The molecule has 2 heterocycles. The second-order valence-corrected chi connectivity index (χ2v) is 7.01. The summed E-state index contributed by atoms with van der Waals surface area (Å²) in [7, 11) is 0. The predicted octanol–water partition coefficient (Wildman–Crippen LogP) is 1.93. The maximum absolute atomic E-state index is 13.0. The van der Waals surface area contributed by atoms with Crippen molar-refractivity contribution in [1.29, 1.82) is 0 Å². The van der Waals surface area contributed by atoms with Crippen molar-refractivity contribution in [3.63, 3.8) is 0 Å². The summed E-state index contributed by atoms with van der Waals surface area (Å²) in [5, 5.41) is 9.12. The van der Waals surface area contributed by atoms with E-state index in [2.05, 4.69) is 34.1 Å². The van der Waals surface area contributed by atoms with Crippen molar-refractivity contribution in [3.8, 4) is 0 Å². The number of aliphatic hydroxyl groups is 1. The molecule has 4 nitrogen and oxygen atoms in total. The van der Waals surface area contributed by atoms with E-state index in [-0.39, 0.29) is 12.0 Å². The molecular formula is C19H28N2O2. The van der Waals surface area contributed by atoms with E-state index in [4.69, 9.17) is 5.11 Å². The predicted molar refractivity (Wildman–Crippen MR) is 91.2 cm³/mol. The Labute approximate surface area is 139 Å². The van der Waals surface area contributed by atoms with Gasteiger partial charge in [0, 0.05) is 26.2 Å².